The topological polar surface area (TPSA) is 77.5 Å². The van der Waals surface area contributed by atoms with Crippen molar-refractivity contribution in [2.24, 2.45) is 0 Å². The number of hydrogen-bond donors (Lipinski definition) is 1. The second-order valence-electron chi connectivity index (χ2n) is 5.94. The van der Waals surface area contributed by atoms with Crippen LogP contribution in [-0.2, 0) is 4.74 Å². The molecule has 0 fully saturated rings. The van der Waals surface area contributed by atoms with E-state index in [1.807, 2.05) is 30.3 Å². The van der Waals surface area contributed by atoms with Crippen molar-refractivity contribution in [3.63, 3.8) is 0 Å². The van der Waals surface area contributed by atoms with E-state index in [-0.39, 0.29) is 11.7 Å². The van der Waals surface area contributed by atoms with Crippen molar-refractivity contribution in [3.8, 4) is 17.0 Å². The molecule has 144 valence electrons. The zero-order chi connectivity index (χ0) is 19.9. The van der Waals surface area contributed by atoms with Gasteiger partial charge in [-0.3, -0.25) is 14.9 Å². The van der Waals surface area contributed by atoms with E-state index in [2.05, 4.69) is 10.3 Å². The van der Waals surface area contributed by atoms with Gasteiger partial charge < -0.3 is 9.47 Å². The molecule has 0 unspecified atom stereocenters. The predicted octanol–water partition coefficient (Wildman–Crippen LogP) is 4.29. The van der Waals surface area contributed by atoms with E-state index in [9.17, 15) is 9.59 Å². The van der Waals surface area contributed by atoms with Gasteiger partial charge in [0.05, 0.1) is 17.2 Å². The Balaban J connectivity index is 1.74. The number of ether oxygens (including phenoxy) is 2. The summed E-state index contributed by atoms with van der Waals surface area (Å²) in [5.41, 5.74) is 1.89. The Morgan fingerprint density at radius 1 is 1.04 bits per heavy atom. The number of anilines is 1. The molecule has 0 bridgehead atoms. The minimum absolute atomic E-state index is 0.0885. The molecular weight excluding hydrogens is 376 g/mol. The summed E-state index contributed by atoms with van der Waals surface area (Å²) in [4.78, 5) is 29.5. The Morgan fingerprint density at radius 3 is 2.39 bits per heavy atom. The molecule has 2 aromatic carbocycles. The molecule has 0 spiro atoms. The summed E-state index contributed by atoms with van der Waals surface area (Å²) in [5, 5.41) is 3.15. The van der Waals surface area contributed by atoms with Gasteiger partial charge in [0.1, 0.15) is 12.4 Å². The molecule has 1 aromatic heterocycles. The van der Waals surface area contributed by atoms with Crippen LogP contribution in [0.5, 0.6) is 5.75 Å². The number of aromatic nitrogens is 1. The Morgan fingerprint density at radius 2 is 1.75 bits per heavy atom. The molecule has 6 nitrogen and oxygen atoms in total. The quantitative estimate of drug-likeness (QED) is 0.454. The minimum atomic E-state index is -0.299. The molecule has 0 aliphatic rings. The van der Waals surface area contributed by atoms with E-state index >= 15 is 0 Å². The van der Waals surface area contributed by atoms with E-state index < -0.39 is 0 Å². The lowest BCUT2D eigenvalue weighted by atomic mass is 10.1. The van der Waals surface area contributed by atoms with Crippen molar-refractivity contribution >= 4 is 28.2 Å². The first-order valence-corrected chi connectivity index (χ1v) is 9.50. The lowest BCUT2D eigenvalue weighted by Gasteiger charge is -2.06. The van der Waals surface area contributed by atoms with Crippen LogP contribution >= 0.6 is 11.3 Å². The summed E-state index contributed by atoms with van der Waals surface area (Å²) in [5.74, 6) is 0.273. The van der Waals surface area contributed by atoms with Gasteiger partial charge in [-0.1, -0.05) is 41.7 Å². The third kappa shape index (κ3) is 4.82. The fourth-order valence-corrected chi connectivity index (χ4v) is 3.40. The Labute approximate surface area is 167 Å². The van der Waals surface area contributed by atoms with E-state index in [1.54, 1.807) is 31.4 Å². The van der Waals surface area contributed by atoms with Crippen LogP contribution in [0.4, 0.5) is 5.13 Å². The van der Waals surface area contributed by atoms with Crippen LogP contribution in [0.25, 0.3) is 11.3 Å². The second-order valence-corrected chi connectivity index (χ2v) is 6.94. The average molecular weight is 396 g/mol. The maximum atomic E-state index is 12.5. The molecule has 1 amide bonds. The number of ketones is 1. The molecule has 0 saturated heterocycles. The van der Waals surface area contributed by atoms with Gasteiger partial charge in [-0.2, -0.15) is 0 Å². The fraction of sp³-hybridized carbons (Fsp3) is 0.190. The highest BCUT2D eigenvalue weighted by molar-refractivity contribution is 7.18. The standard InChI is InChI=1S/C21H20N2O4S/c1-14(24)19-18(15-6-4-3-5-7-15)22-21(28-19)23-20(25)16-8-10-17(11-9-16)27-13-12-26-2/h3-11H,12-13H2,1-2H3,(H,22,23,25). The van der Waals surface area contributed by atoms with Gasteiger partial charge in [-0.15, -0.1) is 0 Å². The van der Waals surface area contributed by atoms with Crippen LogP contribution < -0.4 is 10.1 Å². The fourth-order valence-electron chi connectivity index (χ4n) is 2.52. The molecule has 3 aromatic rings. The first kappa shape index (κ1) is 19.7. The molecule has 28 heavy (non-hydrogen) atoms. The van der Waals surface area contributed by atoms with Crippen molar-refractivity contribution in [2.45, 2.75) is 6.92 Å². The van der Waals surface area contributed by atoms with Gasteiger partial charge in [-0.25, -0.2) is 4.98 Å². The molecule has 3 rings (SSSR count). The molecule has 0 aliphatic heterocycles. The van der Waals surface area contributed by atoms with Gasteiger partial charge >= 0.3 is 0 Å². The second kappa shape index (κ2) is 9.25. The molecule has 0 atom stereocenters. The number of methoxy groups -OCH3 is 1. The average Bonchev–Trinajstić information content (AvgIpc) is 3.13. The van der Waals surface area contributed by atoms with E-state index in [0.717, 1.165) is 5.56 Å². The third-order valence-corrected chi connectivity index (χ3v) is 4.96. The number of rotatable bonds is 8. The monoisotopic (exact) mass is 396 g/mol. The number of carbonyl (C=O) groups is 2. The number of Topliss-reactive ketones (excluding diaryl/α,β-unsaturated/α-hetero) is 1. The van der Waals surface area contributed by atoms with Crippen molar-refractivity contribution in [2.75, 3.05) is 25.6 Å². The molecule has 1 heterocycles. The van der Waals surface area contributed by atoms with Crippen LogP contribution in [0.1, 0.15) is 27.0 Å². The van der Waals surface area contributed by atoms with Crippen LogP contribution in [0.15, 0.2) is 54.6 Å². The molecular formula is C21H20N2O4S. The summed E-state index contributed by atoms with van der Waals surface area (Å²) in [6, 6.07) is 16.2. The highest BCUT2D eigenvalue weighted by atomic mass is 32.1. The maximum absolute atomic E-state index is 12.5. The van der Waals surface area contributed by atoms with E-state index in [4.69, 9.17) is 9.47 Å². The number of nitrogens with one attached hydrogen (secondary N) is 1. The molecule has 0 radical (unpaired) electrons. The van der Waals surface area contributed by atoms with Gasteiger partial charge in [0.15, 0.2) is 10.9 Å². The lowest BCUT2D eigenvalue weighted by molar-refractivity contribution is 0.101. The molecule has 0 aliphatic carbocycles. The first-order chi connectivity index (χ1) is 13.6. The predicted molar refractivity (Wildman–Crippen MR) is 109 cm³/mol. The van der Waals surface area contributed by atoms with Gasteiger partial charge in [0, 0.05) is 25.2 Å². The van der Waals surface area contributed by atoms with Crippen molar-refractivity contribution in [1.29, 1.82) is 0 Å². The first-order valence-electron chi connectivity index (χ1n) is 8.69. The molecule has 0 saturated carbocycles. The normalized spacial score (nSPS) is 10.5. The highest BCUT2D eigenvalue weighted by Crippen LogP contribution is 2.31. The van der Waals surface area contributed by atoms with Crippen molar-refractivity contribution < 1.29 is 19.1 Å². The summed E-state index contributed by atoms with van der Waals surface area (Å²) in [6.07, 6.45) is 0. The van der Waals surface area contributed by atoms with Crippen LogP contribution in [0.2, 0.25) is 0 Å². The summed E-state index contributed by atoms with van der Waals surface area (Å²) < 4.78 is 10.4. The zero-order valence-electron chi connectivity index (χ0n) is 15.6. The molecule has 1 N–H and O–H groups in total. The minimum Gasteiger partial charge on any atom is -0.491 e. The lowest BCUT2D eigenvalue weighted by Crippen LogP contribution is -2.11. The number of hydrogen-bond acceptors (Lipinski definition) is 6. The summed E-state index contributed by atoms with van der Waals surface area (Å²) in [7, 11) is 1.61. The third-order valence-electron chi connectivity index (χ3n) is 3.89. The summed E-state index contributed by atoms with van der Waals surface area (Å²) >= 11 is 1.17. The number of benzene rings is 2. The number of thiazole rings is 1. The number of carbonyl (C=O) groups excluding carboxylic acids is 2. The smallest absolute Gasteiger partial charge is 0.257 e. The number of nitrogens with zero attached hydrogens (tertiary/aromatic N) is 1. The van der Waals surface area contributed by atoms with Crippen molar-refractivity contribution in [1.82, 2.24) is 4.98 Å². The largest absolute Gasteiger partial charge is 0.491 e. The van der Waals surface area contributed by atoms with Crippen LogP contribution in [0.3, 0.4) is 0 Å². The Hall–Kier alpha value is -3.03. The van der Waals surface area contributed by atoms with E-state index in [1.165, 1.54) is 18.3 Å². The Bertz CT molecular complexity index is 952. The van der Waals surface area contributed by atoms with E-state index in [0.29, 0.717) is 40.2 Å². The highest BCUT2D eigenvalue weighted by Gasteiger charge is 2.18. The van der Waals surface area contributed by atoms with Gasteiger partial charge in [0.2, 0.25) is 0 Å². The number of amides is 1. The zero-order valence-corrected chi connectivity index (χ0v) is 16.4. The van der Waals surface area contributed by atoms with Crippen molar-refractivity contribution in [3.05, 3.63) is 65.0 Å². The molecule has 7 heteroatoms. The van der Waals surface area contributed by atoms with Crippen LogP contribution in [-0.4, -0.2) is 37.0 Å². The Kier molecular flexibility index (Phi) is 6.52. The summed E-state index contributed by atoms with van der Waals surface area (Å²) in [6.45, 7) is 2.43. The van der Waals surface area contributed by atoms with Gasteiger partial charge in [0.25, 0.3) is 5.91 Å². The van der Waals surface area contributed by atoms with Crippen LogP contribution in [0, 0.1) is 0 Å². The SMILES string of the molecule is COCCOc1ccc(C(=O)Nc2nc(-c3ccccc3)c(C(C)=O)s2)cc1. The maximum Gasteiger partial charge on any atom is 0.257 e. The van der Waals surface area contributed by atoms with Gasteiger partial charge in [-0.05, 0) is 24.3 Å².